The zero-order chi connectivity index (χ0) is 15.1. The number of rotatable bonds is 6. The van der Waals surface area contributed by atoms with E-state index < -0.39 is 12.1 Å². The predicted molar refractivity (Wildman–Crippen MR) is 74.2 cm³/mol. The van der Waals surface area contributed by atoms with E-state index in [1.54, 1.807) is 42.6 Å². The van der Waals surface area contributed by atoms with Gasteiger partial charge in [-0.25, -0.2) is 4.79 Å². The molecule has 0 aromatic carbocycles. The summed E-state index contributed by atoms with van der Waals surface area (Å²) in [4.78, 5) is 19.3. The quantitative estimate of drug-likeness (QED) is 0.806. The van der Waals surface area contributed by atoms with E-state index in [0.29, 0.717) is 17.1 Å². The number of ether oxygens (including phenoxy) is 2. The Hall–Kier alpha value is -2.31. The van der Waals surface area contributed by atoms with Crippen molar-refractivity contribution in [2.45, 2.75) is 12.7 Å². The Bertz CT molecular complexity index is 589. The Labute approximate surface area is 122 Å². The summed E-state index contributed by atoms with van der Waals surface area (Å²) in [5.74, 6) is -0.445. The second-order valence-electron chi connectivity index (χ2n) is 4.28. The lowest BCUT2D eigenvalue weighted by molar-refractivity contribution is -0.146. The molecule has 2 aromatic heterocycles. The molecule has 21 heavy (non-hydrogen) atoms. The number of carbonyl (C=O) groups is 1. The number of esters is 1. The summed E-state index contributed by atoms with van der Waals surface area (Å²) in [6, 6.07) is 10.5. The molecule has 1 N–H and O–H groups in total. The summed E-state index contributed by atoms with van der Waals surface area (Å²) in [6.07, 6.45) is 0.716. The molecule has 0 radical (unpaired) electrons. The number of nitrogens with zero attached hydrogens (tertiary/aromatic N) is 2. The fourth-order valence-electron chi connectivity index (χ4n) is 1.72. The summed E-state index contributed by atoms with van der Waals surface area (Å²) >= 11 is 0. The predicted octanol–water partition coefficient (Wildman–Crippen LogP) is 1.25. The number of carbonyl (C=O) groups excluding carboxylic acids is 1. The smallest absolute Gasteiger partial charge is 0.331 e. The minimum Gasteiger partial charge on any atom is -0.467 e. The maximum absolute atomic E-state index is 10.9. The maximum Gasteiger partial charge on any atom is 0.331 e. The topological polar surface area (TPSA) is 81.5 Å². The van der Waals surface area contributed by atoms with Gasteiger partial charge in [0.25, 0.3) is 0 Å². The molecule has 1 unspecified atom stereocenters. The molecule has 6 nitrogen and oxygen atoms in total. The minimum absolute atomic E-state index is 0.134. The van der Waals surface area contributed by atoms with Crippen molar-refractivity contribution in [2.24, 2.45) is 0 Å². The third kappa shape index (κ3) is 4.34. The first-order valence-corrected chi connectivity index (χ1v) is 6.40. The van der Waals surface area contributed by atoms with Crippen LogP contribution in [0.5, 0.6) is 0 Å². The SMILES string of the molecule is COC(=O)COCc1cccc(C(O)c2ccccn2)n1. The van der Waals surface area contributed by atoms with Crippen LogP contribution >= 0.6 is 0 Å². The molecule has 0 spiro atoms. The summed E-state index contributed by atoms with van der Waals surface area (Å²) in [5, 5.41) is 10.2. The molecule has 2 rings (SSSR count). The number of aliphatic hydroxyl groups excluding tert-OH is 1. The Morgan fingerprint density at radius 1 is 1.24 bits per heavy atom. The highest BCUT2D eigenvalue weighted by Crippen LogP contribution is 2.18. The van der Waals surface area contributed by atoms with Crippen molar-refractivity contribution in [3.63, 3.8) is 0 Å². The summed E-state index contributed by atoms with van der Waals surface area (Å²) in [5.41, 5.74) is 1.62. The molecular formula is C15H16N2O4. The van der Waals surface area contributed by atoms with E-state index >= 15 is 0 Å². The van der Waals surface area contributed by atoms with Gasteiger partial charge < -0.3 is 14.6 Å². The molecule has 0 amide bonds. The number of methoxy groups -OCH3 is 1. The van der Waals surface area contributed by atoms with Crippen LogP contribution in [0, 0.1) is 0 Å². The van der Waals surface area contributed by atoms with Crippen molar-refractivity contribution < 1.29 is 19.4 Å². The van der Waals surface area contributed by atoms with Crippen LogP contribution in [0.25, 0.3) is 0 Å². The van der Waals surface area contributed by atoms with Crippen molar-refractivity contribution in [1.29, 1.82) is 0 Å². The summed E-state index contributed by atoms with van der Waals surface area (Å²) in [7, 11) is 1.30. The van der Waals surface area contributed by atoms with Crippen LogP contribution in [0.4, 0.5) is 0 Å². The van der Waals surface area contributed by atoms with Crippen LogP contribution in [-0.2, 0) is 20.9 Å². The van der Waals surface area contributed by atoms with Gasteiger partial charge in [0.1, 0.15) is 12.7 Å². The van der Waals surface area contributed by atoms with E-state index in [1.165, 1.54) is 7.11 Å². The van der Waals surface area contributed by atoms with Gasteiger partial charge in [-0.3, -0.25) is 9.97 Å². The van der Waals surface area contributed by atoms with Crippen molar-refractivity contribution in [3.8, 4) is 0 Å². The zero-order valence-electron chi connectivity index (χ0n) is 11.6. The molecule has 0 aliphatic rings. The van der Waals surface area contributed by atoms with Crippen molar-refractivity contribution in [1.82, 2.24) is 9.97 Å². The minimum atomic E-state index is -0.897. The molecule has 0 aliphatic heterocycles. The standard InChI is InChI=1S/C15H16N2O4/c1-20-14(18)10-21-9-11-5-4-7-13(17-11)15(19)12-6-2-3-8-16-12/h2-8,15,19H,9-10H2,1H3. The molecule has 6 heteroatoms. The van der Waals surface area contributed by atoms with E-state index in [9.17, 15) is 9.90 Å². The molecule has 0 aliphatic carbocycles. The van der Waals surface area contributed by atoms with E-state index in [0.717, 1.165) is 0 Å². The molecule has 1 atom stereocenters. The van der Waals surface area contributed by atoms with Crippen LogP contribution in [0.1, 0.15) is 23.2 Å². The van der Waals surface area contributed by atoms with Crippen LogP contribution in [0.15, 0.2) is 42.6 Å². The van der Waals surface area contributed by atoms with Gasteiger partial charge in [-0.15, -0.1) is 0 Å². The zero-order valence-corrected chi connectivity index (χ0v) is 11.6. The van der Waals surface area contributed by atoms with Crippen LogP contribution in [0.3, 0.4) is 0 Å². The Kier molecular flexibility index (Phi) is 5.36. The number of hydrogen-bond acceptors (Lipinski definition) is 6. The summed E-state index contributed by atoms with van der Waals surface area (Å²) < 4.78 is 9.65. The first kappa shape index (κ1) is 15.1. The second kappa shape index (κ2) is 7.47. The molecule has 0 saturated carbocycles. The first-order chi connectivity index (χ1) is 10.2. The largest absolute Gasteiger partial charge is 0.467 e. The van der Waals surface area contributed by atoms with Gasteiger partial charge in [-0.05, 0) is 24.3 Å². The lowest BCUT2D eigenvalue weighted by Crippen LogP contribution is -2.11. The van der Waals surface area contributed by atoms with Gasteiger partial charge in [-0.1, -0.05) is 12.1 Å². The second-order valence-corrected chi connectivity index (χ2v) is 4.28. The van der Waals surface area contributed by atoms with E-state index in [1.807, 2.05) is 0 Å². The fraction of sp³-hybridized carbons (Fsp3) is 0.267. The third-order valence-electron chi connectivity index (χ3n) is 2.77. The van der Waals surface area contributed by atoms with E-state index in [2.05, 4.69) is 14.7 Å². The molecule has 2 heterocycles. The van der Waals surface area contributed by atoms with Crippen molar-refractivity contribution in [3.05, 3.63) is 59.7 Å². The molecule has 2 aromatic rings. The fourth-order valence-corrected chi connectivity index (χ4v) is 1.72. The maximum atomic E-state index is 10.9. The highest BCUT2D eigenvalue weighted by Gasteiger charge is 2.13. The van der Waals surface area contributed by atoms with Gasteiger partial charge in [0.05, 0.1) is 30.8 Å². The molecule has 0 bridgehead atoms. The molecule has 0 saturated heterocycles. The monoisotopic (exact) mass is 288 g/mol. The highest BCUT2D eigenvalue weighted by molar-refractivity contribution is 5.70. The number of aliphatic hydroxyl groups is 1. The van der Waals surface area contributed by atoms with Gasteiger partial charge in [0, 0.05) is 6.20 Å². The molecule has 110 valence electrons. The van der Waals surface area contributed by atoms with E-state index in [4.69, 9.17) is 4.74 Å². The van der Waals surface area contributed by atoms with Gasteiger partial charge in [0.15, 0.2) is 0 Å². The van der Waals surface area contributed by atoms with Gasteiger partial charge in [-0.2, -0.15) is 0 Å². The van der Waals surface area contributed by atoms with E-state index in [-0.39, 0.29) is 13.2 Å². The van der Waals surface area contributed by atoms with Crippen LogP contribution < -0.4 is 0 Å². The van der Waals surface area contributed by atoms with Crippen molar-refractivity contribution >= 4 is 5.97 Å². The van der Waals surface area contributed by atoms with Crippen LogP contribution in [-0.4, -0.2) is 34.8 Å². The molecular weight excluding hydrogens is 272 g/mol. The Balaban J connectivity index is 2.02. The average molecular weight is 288 g/mol. The summed E-state index contributed by atoms with van der Waals surface area (Å²) in [6.45, 7) is 0.0308. The Morgan fingerprint density at radius 3 is 2.76 bits per heavy atom. The van der Waals surface area contributed by atoms with Gasteiger partial charge in [0.2, 0.25) is 0 Å². The molecule has 0 fully saturated rings. The lowest BCUT2D eigenvalue weighted by atomic mass is 10.1. The van der Waals surface area contributed by atoms with Crippen molar-refractivity contribution in [2.75, 3.05) is 13.7 Å². The van der Waals surface area contributed by atoms with Crippen LogP contribution in [0.2, 0.25) is 0 Å². The average Bonchev–Trinajstić information content (AvgIpc) is 2.55. The number of pyridine rings is 2. The number of hydrogen-bond donors (Lipinski definition) is 1. The first-order valence-electron chi connectivity index (χ1n) is 6.40. The number of aromatic nitrogens is 2. The van der Waals surface area contributed by atoms with Gasteiger partial charge >= 0.3 is 5.97 Å². The third-order valence-corrected chi connectivity index (χ3v) is 2.77. The lowest BCUT2D eigenvalue weighted by Gasteiger charge is -2.11. The Morgan fingerprint density at radius 2 is 2.05 bits per heavy atom. The normalized spacial score (nSPS) is 11.9. The highest BCUT2D eigenvalue weighted by atomic mass is 16.6.